The molecule has 0 amide bonds. The third-order valence-electron chi connectivity index (χ3n) is 4.69. The number of hydrogen-bond donors (Lipinski definition) is 0. The third kappa shape index (κ3) is 1.74. The Balaban J connectivity index is 2.13. The smallest absolute Gasteiger partial charge is 0.305 e. The molecule has 0 aromatic heterocycles. The molecule has 0 saturated heterocycles. The molecule has 4 heteroatoms. The number of allylic oxidation sites excluding steroid dienone is 1. The number of anilines is 1. The number of aryl methyl sites for hydroxylation is 1. The van der Waals surface area contributed by atoms with Gasteiger partial charge in [-0.05, 0) is 44.8 Å². The normalized spacial score (nSPS) is 21.9. The summed E-state index contributed by atoms with van der Waals surface area (Å²) in [5.41, 5.74) is 5.38. The van der Waals surface area contributed by atoms with E-state index < -0.39 is 0 Å². The van der Waals surface area contributed by atoms with E-state index in [4.69, 9.17) is 0 Å². The zero-order valence-corrected chi connectivity index (χ0v) is 13.0. The number of para-hydroxylation sites is 1. The van der Waals surface area contributed by atoms with Crippen molar-refractivity contribution in [2.75, 3.05) is 19.0 Å². The van der Waals surface area contributed by atoms with E-state index in [1.54, 1.807) is 0 Å². The fourth-order valence-electron chi connectivity index (χ4n) is 3.17. The largest absolute Gasteiger partial charge is 0.418 e. The summed E-state index contributed by atoms with van der Waals surface area (Å²) in [6, 6.07) is 8.64. The molecular weight excluding hydrogens is 245 g/mol. The Hall–Kier alpha value is -1.84. The van der Waals surface area contributed by atoms with Gasteiger partial charge in [0, 0.05) is 18.3 Å². The molecule has 0 aliphatic carbocycles. The Bertz CT molecular complexity index is 593. The molecule has 0 fully saturated rings. The van der Waals surface area contributed by atoms with E-state index in [1.807, 2.05) is 0 Å². The van der Waals surface area contributed by atoms with Crippen molar-refractivity contribution in [1.29, 1.82) is 0 Å². The standard InChI is InChI=1S/C16H22BN3/c1-12-8-6-7-9-14(12)20-13(2)19(5)15-10-11-18(4)17(3)16(15)20/h6-11,13H,1-5H3/t13-/m0/s1. The van der Waals surface area contributed by atoms with Gasteiger partial charge in [-0.2, -0.15) is 0 Å². The van der Waals surface area contributed by atoms with Gasteiger partial charge in [0.25, 0.3) is 0 Å². The lowest BCUT2D eigenvalue weighted by Crippen LogP contribution is -2.42. The number of hydrogen-bond acceptors (Lipinski definition) is 3. The van der Waals surface area contributed by atoms with Gasteiger partial charge < -0.3 is 14.6 Å². The van der Waals surface area contributed by atoms with E-state index in [2.05, 4.69) is 85.9 Å². The summed E-state index contributed by atoms with van der Waals surface area (Å²) in [4.78, 5) is 7.12. The highest BCUT2D eigenvalue weighted by Crippen LogP contribution is 2.38. The number of rotatable bonds is 1. The fraction of sp³-hybridized carbons (Fsp3) is 0.375. The van der Waals surface area contributed by atoms with E-state index in [0.29, 0.717) is 13.0 Å². The van der Waals surface area contributed by atoms with E-state index >= 15 is 0 Å². The van der Waals surface area contributed by atoms with Crippen molar-refractivity contribution >= 4 is 12.5 Å². The number of likely N-dealkylation sites (N-methyl/N-ethyl adjacent to an activating group) is 1. The van der Waals surface area contributed by atoms with Crippen LogP contribution in [0.15, 0.2) is 47.8 Å². The van der Waals surface area contributed by atoms with E-state index in [-0.39, 0.29) is 0 Å². The first-order chi connectivity index (χ1) is 9.52. The van der Waals surface area contributed by atoms with Crippen molar-refractivity contribution in [2.24, 2.45) is 0 Å². The Morgan fingerprint density at radius 1 is 1.15 bits per heavy atom. The van der Waals surface area contributed by atoms with Crippen LogP contribution in [0.25, 0.3) is 0 Å². The van der Waals surface area contributed by atoms with Crippen LogP contribution in [-0.4, -0.2) is 36.8 Å². The highest BCUT2D eigenvalue weighted by molar-refractivity contribution is 6.64. The van der Waals surface area contributed by atoms with E-state index in [1.165, 1.54) is 22.5 Å². The molecule has 2 heterocycles. The van der Waals surface area contributed by atoms with Gasteiger partial charge in [-0.3, -0.25) is 0 Å². The van der Waals surface area contributed by atoms with Gasteiger partial charge in [-0.1, -0.05) is 25.0 Å². The summed E-state index contributed by atoms with van der Waals surface area (Å²) in [6.07, 6.45) is 4.75. The predicted molar refractivity (Wildman–Crippen MR) is 86.4 cm³/mol. The number of nitrogens with zero attached hydrogens (tertiary/aromatic N) is 3. The second kappa shape index (κ2) is 4.62. The minimum Gasteiger partial charge on any atom is -0.418 e. The van der Waals surface area contributed by atoms with Crippen molar-refractivity contribution in [3.63, 3.8) is 0 Å². The molecule has 0 spiro atoms. The lowest BCUT2D eigenvalue weighted by Gasteiger charge is -2.34. The maximum Gasteiger partial charge on any atom is 0.305 e. The maximum atomic E-state index is 2.48. The molecule has 1 aromatic rings. The first-order valence-corrected chi connectivity index (χ1v) is 7.24. The monoisotopic (exact) mass is 267 g/mol. The molecular formula is C16H22BN3. The van der Waals surface area contributed by atoms with Crippen LogP contribution >= 0.6 is 0 Å². The zero-order valence-electron chi connectivity index (χ0n) is 13.0. The Kier molecular flexibility index (Phi) is 3.04. The van der Waals surface area contributed by atoms with Gasteiger partial charge in [-0.25, -0.2) is 0 Å². The van der Waals surface area contributed by atoms with Gasteiger partial charge in [0.15, 0.2) is 0 Å². The van der Waals surface area contributed by atoms with Gasteiger partial charge in [0.05, 0.1) is 5.70 Å². The summed E-state index contributed by atoms with van der Waals surface area (Å²) in [5.74, 6) is 0. The van der Waals surface area contributed by atoms with Crippen molar-refractivity contribution in [3.8, 4) is 0 Å². The van der Waals surface area contributed by atoms with Crippen LogP contribution in [0.2, 0.25) is 6.82 Å². The van der Waals surface area contributed by atoms with Crippen LogP contribution in [0.4, 0.5) is 5.69 Å². The molecule has 3 nitrogen and oxygen atoms in total. The van der Waals surface area contributed by atoms with Gasteiger partial charge in [0.2, 0.25) is 0 Å². The molecule has 104 valence electrons. The summed E-state index contributed by atoms with van der Waals surface area (Å²) in [5, 5.41) is 0. The molecule has 1 atom stereocenters. The summed E-state index contributed by atoms with van der Waals surface area (Å²) < 4.78 is 0. The van der Waals surface area contributed by atoms with Crippen molar-refractivity contribution < 1.29 is 0 Å². The van der Waals surface area contributed by atoms with Crippen molar-refractivity contribution in [1.82, 2.24) is 9.71 Å². The van der Waals surface area contributed by atoms with Crippen LogP contribution in [0.3, 0.4) is 0 Å². The topological polar surface area (TPSA) is 9.72 Å². The van der Waals surface area contributed by atoms with E-state index in [0.717, 1.165) is 0 Å². The second-order valence-electron chi connectivity index (χ2n) is 5.83. The second-order valence-corrected chi connectivity index (χ2v) is 5.83. The molecule has 2 aliphatic heterocycles. The first kappa shape index (κ1) is 13.2. The Labute approximate surface area is 122 Å². The quantitative estimate of drug-likeness (QED) is 0.724. The maximum absolute atomic E-state index is 2.48. The molecule has 0 bridgehead atoms. The fourth-order valence-corrected chi connectivity index (χ4v) is 3.17. The average molecular weight is 267 g/mol. The minimum atomic E-state index is 0.347. The molecule has 0 saturated carbocycles. The molecule has 1 aromatic carbocycles. The zero-order chi connectivity index (χ0) is 14.4. The SMILES string of the molecule is CB1C2=C(C=CN1C)N(C)[C@H](C)N2c1ccccc1C. The summed E-state index contributed by atoms with van der Waals surface area (Å²) >= 11 is 0. The van der Waals surface area contributed by atoms with Crippen LogP contribution in [0.1, 0.15) is 12.5 Å². The van der Waals surface area contributed by atoms with Crippen molar-refractivity contribution in [3.05, 3.63) is 53.4 Å². The molecule has 2 aliphatic rings. The lowest BCUT2D eigenvalue weighted by atomic mass is 9.57. The Morgan fingerprint density at radius 3 is 2.55 bits per heavy atom. The summed E-state index contributed by atoms with van der Waals surface area (Å²) in [6.45, 7) is 7.12. The molecule has 0 N–H and O–H groups in total. The highest BCUT2D eigenvalue weighted by Gasteiger charge is 2.40. The third-order valence-corrected chi connectivity index (χ3v) is 4.69. The number of benzene rings is 1. The van der Waals surface area contributed by atoms with Gasteiger partial charge in [-0.15, -0.1) is 0 Å². The predicted octanol–water partition coefficient (Wildman–Crippen LogP) is 2.92. The molecule has 0 radical (unpaired) electrons. The van der Waals surface area contributed by atoms with Crippen LogP contribution in [-0.2, 0) is 0 Å². The van der Waals surface area contributed by atoms with Gasteiger partial charge >= 0.3 is 6.85 Å². The summed E-state index contributed by atoms with van der Waals surface area (Å²) in [7, 11) is 4.32. The molecule has 3 rings (SSSR count). The van der Waals surface area contributed by atoms with Gasteiger partial charge in [0.1, 0.15) is 6.17 Å². The molecule has 0 unspecified atom stereocenters. The Morgan fingerprint density at radius 2 is 1.85 bits per heavy atom. The van der Waals surface area contributed by atoms with E-state index in [9.17, 15) is 0 Å². The molecule has 20 heavy (non-hydrogen) atoms. The van der Waals surface area contributed by atoms with Crippen LogP contribution in [0, 0.1) is 6.92 Å². The lowest BCUT2D eigenvalue weighted by molar-refractivity contribution is 0.365. The average Bonchev–Trinajstić information content (AvgIpc) is 2.68. The first-order valence-electron chi connectivity index (χ1n) is 7.24. The van der Waals surface area contributed by atoms with Crippen molar-refractivity contribution in [2.45, 2.75) is 26.8 Å². The van der Waals surface area contributed by atoms with Crippen LogP contribution in [0.5, 0.6) is 0 Å². The highest BCUT2D eigenvalue weighted by atomic mass is 15.4. The van der Waals surface area contributed by atoms with Crippen LogP contribution < -0.4 is 4.90 Å². The minimum absolute atomic E-state index is 0.347.